The molecule has 0 spiro atoms. The highest BCUT2D eigenvalue weighted by Gasteiger charge is 2.09. The van der Waals surface area contributed by atoms with E-state index in [1.165, 1.54) is 6.07 Å². The molecule has 0 N–H and O–H groups in total. The fraction of sp³-hybridized carbons (Fsp3) is 0.417. The number of rotatable bonds is 5. The van der Waals surface area contributed by atoms with Gasteiger partial charge < -0.3 is 4.55 Å². The van der Waals surface area contributed by atoms with E-state index in [2.05, 4.69) is 4.40 Å². The number of halogens is 1. The predicted octanol–water partition coefficient (Wildman–Crippen LogP) is 3.10. The second-order valence-electron chi connectivity index (χ2n) is 3.54. The van der Waals surface area contributed by atoms with Crippen LogP contribution in [0.25, 0.3) is 0 Å². The first-order chi connectivity index (χ1) is 7.65. The van der Waals surface area contributed by atoms with E-state index in [0.29, 0.717) is 17.0 Å². The number of benzene rings is 1. The molecule has 0 unspecified atom stereocenters. The number of hydrogen-bond acceptors (Lipinski definition) is 2. The van der Waals surface area contributed by atoms with Crippen LogP contribution in [0.2, 0.25) is 0 Å². The average Bonchev–Trinajstić information content (AvgIpc) is 2.26. The molecule has 0 aromatic heterocycles. The molecule has 0 heterocycles. The minimum absolute atomic E-state index is 0.323. The first-order valence-electron chi connectivity index (χ1n) is 5.33. The van der Waals surface area contributed by atoms with Gasteiger partial charge in [0.2, 0.25) is 0 Å². The summed E-state index contributed by atoms with van der Waals surface area (Å²) in [5, 5.41) is 0. The Balaban J connectivity index is 2.73. The van der Waals surface area contributed by atoms with Gasteiger partial charge in [0.15, 0.2) is 0 Å². The van der Waals surface area contributed by atoms with E-state index in [0.717, 1.165) is 12.8 Å². The monoisotopic (exact) mass is 241 g/mol. The summed E-state index contributed by atoms with van der Waals surface area (Å²) in [4.78, 5) is 0. The number of hydrogen-bond donors (Lipinski definition) is 0. The van der Waals surface area contributed by atoms with Gasteiger partial charge in [-0.1, -0.05) is 35.9 Å². The van der Waals surface area contributed by atoms with Gasteiger partial charge in [-0.3, -0.25) is 0 Å². The van der Waals surface area contributed by atoms with E-state index < -0.39 is 11.4 Å². The second kappa shape index (κ2) is 6.66. The summed E-state index contributed by atoms with van der Waals surface area (Å²) in [5.41, 5.74) is 0.917. The van der Waals surface area contributed by atoms with Crippen molar-refractivity contribution in [3.05, 3.63) is 35.6 Å². The summed E-state index contributed by atoms with van der Waals surface area (Å²) in [7, 11) is 0. The third-order valence-electron chi connectivity index (χ3n) is 2.17. The van der Waals surface area contributed by atoms with Crippen molar-refractivity contribution in [2.45, 2.75) is 26.7 Å². The van der Waals surface area contributed by atoms with Crippen molar-refractivity contribution >= 4 is 17.1 Å². The van der Waals surface area contributed by atoms with Crippen molar-refractivity contribution in [1.82, 2.24) is 0 Å². The van der Waals surface area contributed by atoms with Gasteiger partial charge in [0.25, 0.3) is 0 Å². The largest absolute Gasteiger partial charge is 0.591 e. The quantitative estimate of drug-likeness (QED) is 0.576. The molecule has 2 nitrogen and oxygen atoms in total. The Morgan fingerprint density at radius 1 is 1.44 bits per heavy atom. The lowest BCUT2D eigenvalue weighted by Crippen LogP contribution is -2.07. The lowest BCUT2D eigenvalue weighted by atomic mass is 10.1. The summed E-state index contributed by atoms with van der Waals surface area (Å²) in [5.74, 6) is 0.221. The third-order valence-corrected chi connectivity index (χ3v) is 3.29. The van der Waals surface area contributed by atoms with Crippen molar-refractivity contribution < 1.29 is 8.94 Å². The maximum Gasteiger partial charge on any atom is 0.133 e. The van der Waals surface area contributed by atoms with E-state index >= 15 is 0 Å². The number of unbranched alkanes of at least 4 members (excludes halogenated alkanes) is 1. The lowest BCUT2D eigenvalue weighted by Gasteiger charge is -2.05. The summed E-state index contributed by atoms with van der Waals surface area (Å²) in [6.45, 7) is 3.72. The Morgan fingerprint density at radius 3 is 2.75 bits per heavy atom. The van der Waals surface area contributed by atoms with Gasteiger partial charge in [0, 0.05) is 5.56 Å². The molecule has 4 heteroatoms. The van der Waals surface area contributed by atoms with E-state index in [9.17, 15) is 8.94 Å². The fourth-order valence-corrected chi connectivity index (χ4v) is 2.30. The summed E-state index contributed by atoms with van der Waals surface area (Å²) >= 11 is -1.24. The summed E-state index contributed by atoms with van der Waals surface area (Å²) in [6, 6.07) is 6.39. The van der Waals surface area contributed by atoms with Crippen LogP contribution in [0.4, 0.5) is 4.39 Å². The zero-order valence-corrected chi connectivity index (χ0v) is 10.4. The van der Waals surface area contributed by atoms with Gasteiger partial charge in [0.05, 0.1) is 17.1 Å². The van der Waals surface area contributed by atoms with Gasteiger partial charge in [-0.05, 0) is 19.4 Å². The highest BCUT2D eigenvalue weighted by molar-refractivity contribution is 7.90. The molecule has 0 radical (unpaired) electrons. The van der Waals surface area contributed by atoms with Crippen molar-refractivity contribution in [3.63, 3.8) is 0 Å². The number of nitrogens with zero attached hydrogens (tertiary/aromatic N) is 1. The zero-order valence-electron chi connectivity index (χ0n) is 9.57. The normalized spacial score (nSPS) is 13.9. The topological polar surface area (TPSA) is 35.4 Å². The van der Waals surface area contributed by atoms with Crippen LogP contribution in [0.3, 0.4) is 0 Å². The lowest BCUT2D eigenvalue weighted by molar-refractivity contribution is 0.593. The van der Waals surface area contributed by atoms with Crippen LogP contribution in [0.1, 0.15) is 32.3 Å². The molecular weight excluding hydrogens is 225 g/mol. The summed E-state index contributed by atoms with van der Waals surface area (Å²) < 4.78 is 28.9. The maximum atomic E-state index is 13.4. The summed E-state index contributed by atoms with van der Waals surface area (Å²) in [6.07, 6.45) is 1.86. The van der Waals surface area contributed by atoms with Crippen molar-refractivity contribution in [2.24, 2.45) is 4.40 Å². The van der Waals surface area contributed by atoms with Gasteiger partial charge in [-0.25, -0.2) is 4.39 Å². The standard InChI is InChI=1S/C12H16FNOS/c1-3-4-9-16(15)14-10(2)11-7-5-6-8-12(11)13/h5-8H,3-4,9H2,1-2H3/b14-10+/t16-/m1/s1. The average molecular weight is 241 g/mol. The Hall–Kier alpha value is -0.870. The van der Waals surface area contributed by atoms with Crippen LogP contribution >= 0.6 is 0 Å². The molecule has 0 bridgehead atoms. The minimum atomic E-state index is -1.24. The van der Waals surface area contributed by atoms with E-state index in [1.54, 1.807) is 25.1 Å². The molecule has 0 aliphatic rings. The molecule has 0 aliphatic carbocycles. The molecule has 16 heavy (non-hydrogen) atoms. The van der Waals surface area contributed by atoms with E-state index in [1.807, 2.05) is 6.92 Å². The molecular formula is C12H16FNOS. The van der Waals surface area contributed by atoms with Crippen molar-refractivity contribution in [2.75, 3.05) is 5.75 Å². The molecule has 0 amide bonds. The Labute approximate surface area is 98.9 Å². The maximum absolute atomic E-state index is 13.4. The second-order valence-corrected chi connectivity index (χ2v) is 4.77. The highest BCUT2D eigenvalue weighted by Crippen LogP contribution is 2.10. The molecule has 1 aromatic carbocycles. The van der Waals surface area contributed by atoms with Gasteiger partial charge in [0.1, 0.15) is 11.6 Å². The van der Waals surface area contributed by atoms with Crippen LogP contribution in [-0.4, -0.2) is 16.0 Å². The van der Waals surface area contributed by atoms with Crippen LogP contribution < -0.4 is 0 Å². The first-order valence-corrected chi connectivity index (χ1v) is 6.61. The van der Waals surface area contributed by atoms with E-state index in [-0.39, 0.29) is 5.82 Å². The van der Waals surface area contributed by atoms with Crippen molar-refractivity contribution in [3.8, 4) is 0 Å². The molecule has 1 rings (SSSR count). The first kappa shape index (κ1) is 13.2. The van der Waals surface area contributed by atoms with Crippen molar-refractivity contribution in [1.29, 1.82) is 0 Å². The third kappa shape index (κ3) is 3.94. The predicted molar refractivity (Wildman–Crippen MR) is 66.5 cm³/mol. The van der Waals surface area contributed by atoms with Crippen LogP contribution in [0, 0.1) is 5.82 Å². The Morgan fingerprint density at radius 2 is 2.12 bits per heavy atom. The molecule has 88 valence electrons. The van der Waals surface area contributed by atoms with Crippen LogP contribution in [-0.2, 0) is 11.4 Å². The van der Waals surface area contributed by atoms with Crippen LogP contribution in [0.5, 0.6) is 0 Å². The molecule has 0 saturated heterocycles. The van der Waals surface area contributed by atoms with Gasteiger partial charge in [-0.15, -0.1) is 0 Å². The Bertz CT molecular complexity index is 368. The minimum Gasteiger partial charge on any atom is -0.591 e. The molecule has 0 aliphatic heterocycles. The highest BCUT2D eigenvalue weighted by atomic mass is 32.2. The zero-order chi connectivity index (χ0) is 12.0. The molecule has 1 atom stereocenters. The van der Waals surface area contributed by atoms with Gasteiger partial charge in [-0.2, -0.15) is 0 Å². The fourth-order valence-electron chi connectivity index (χ4n) is 1.27. The Kier molecular flexibility index (Phi) is 5.49. The van der Waals surface area contributed by atoms with Crippen LogP contribution in [0.15, 0.2) is 28.7 Å². The SMILES string of the molecule is CCCC[S@@+]([O-])/N=C(\C)c1ccccc1F. The smallest absolute Gasteiger partial charge is 0.133 e. The molecule has 0 saturated carbocycles. The van der Waals surface area contributed by atoms with E-state index in [4.69, 9.17) is 0 Å². The molecule has 0 fully saturated rings. The van der Waals surface area contributed by atoms with Gasteiger partial charge >= 0.3 is 0 Å². The molecule has 1 aromatic rings.